The number of aromatic nitrogens is 3. The first-order valence-corrected chi connectivity index (χ1v) is 9.32. The van der Waals surface area contributed by atoms with E-state index in [-0.39, 0.29) is 5.91 Å². The van der Waals surface area contributed by atoms with Gasteiger partial charge in [0.05, 0.1) is 13.5 Å². The molecule has 4 rings (SSSR count). The molecule has 4 aromatic rings. The molecule has 0 aliphatic carbocycles. The fourth-order valence-corrected chi connectivity index (χ4v) is 3.33. The van der Waals surface area contributed by atoms with Crippen molar-refractivity contribution < 1.29 is 9.53 Å². The van der Waals surface area contributed by atoms with Crippen molar-refractivity contribution in [3.05, 3.63) is 66.7 Å². The molecule has 146 valence electrons. The van der Waals surface area contributed by atoms with Gasteiger partial charge in [0.25, 0.3) is 0 Å². The Morgan fingerprint density at radius 2 is 1.86 bits per heavy atom. The van der Waals surface area contributed by atoms with Gasteiger partial charge in [-0.3, -0.25) is 9.78 Å². The SMILES string of the molecule is COc1ccccc1-c1c[nH]c2ncc(-c3cncc(CC(=O)N(C)C)c3)cc12. The van der Waals surface area contributed by atoms with Crippen LogP contribution < -0.4 is 4.74 Å². The number of aromatic amines is 1. The lowest BCUT2D eigenvalue weighted by atomic mass is 10.0. The number of pyridine rings is 2. The first-order valence-electron chi connectivity index (χ1n) is 9.32. The summed E-state index contributed by atoms with van der Waals surface area (Å²) in [4.78, 5) is 25.8. The average Bonchev–Trinajstić information content (AvgIpc) is 3.17. The molecular weight excluding hydrogens is 364 g/mol. The zero-order chi connectivity index (χ0) is 20.4. The molecule has 3 heterocycles. The van der Waals surface area contributed by atoms with E-state index in [0.717, 1.165) is 44.6 Å². The first-order chi connectivity index (χ1) is 14.1. The number of rotatable bonds is 5. The summed E-state index contributed by atoms with van der Waals surface area (Å²) in [5, 5.41) is 1.00. The summed E-state index contributed by atoms with van der Waals surface area (Å²) in [7, 11) is 5.18. The minimum absolute atomic E-state index is 0.0432. The van der Waals surface area contributed by atoms with Crippen LogP contribution in [0.3, 0.4) is 0 Å². The molecule has 0 aliphatic heterocycles. The number of carbonyl (C=O) groups is 1. The van der Waals surface area contributed by atoms with E-state index in [4.69, 9.17) is 4.74 Å². The molecule has 6 nitrogen and oxygen atoms in total. The van der Waals surface area contributed by atoms with Gasteiger partial charge in [-0.1, -0.05) is 18.2 Å². The molecule has 6 heteroatoms. The monoisotopic (exact) mass is 386 g/mol. The van der Waals surface area contributed by atoms with Crippen LogP contribution in [-0.2, 0) is 11.2 Å². The predicted molar refractivity (Wildman–Crippen MR) is 114 cm³/mol. The van der Waals surface area contributed by atoms with Crippen LogP contribution in [-0.4, -0.2) is 47.0 Å². The van der Waals surface area contributed by atoms with Crippen LogP contribution in [0.4, 0.5) is 0 Å². The molecule has 0 saturated carbocycles. The fraction of sp³-hybridized carbons (Fsp3) is 0.174. The molecule has 0 unspecified atom stereocenters. The van der Waals surface area contributed by atoms with Gasteiger partial charge in [0, 0.05) is 66.5 Å². The van der Waals surface area contributed by atoms with Gasteiger partial charge in [0.2, 0.25) is 5.91 Å². The maximum atomic E-state index is 12.0. The summed E-state index contributed by atoms with van der Waals surface area (Å²) >= 11 is 0. The van der Waals surface area contributed by atoms with Crippen molar-refractivity contribution in [2.24, 2.45) is 0 Å². The highest BCUT2D eigenvalue weighted by Gasteiger charge is 2.13. The summed E-state index contributed by atoms with van der Waals surface area (Å²) < 4.78 is 5.52. The summed E-state index contributed by atoms with van der Waals surface area (Å²) in [6.45, 7) is 0. The maximum Gasteiger partial charge on any atom is 0.226 e. The Labute approximate surface area is 169 Å². The third-order valence-corrected chi connectivity index (χ3v) is 4.91. The Balaban J connectivity index is 1.76. The number of hydrogen-bond acceptors (Lipinski definition) is 4. The second-order valence-electron chi connectivity index (χ2n) is 7.07. The predicted octanol–water partition coefficient (Wildman–Crippen LogP) is 3.93. The van der Waals surface area contributed by atoms with Crippen molar-refractivity contribution in [3.63, 3.8) is 0 Å². The number of amides is 1. The standard InChI is InChI=1S/C23H22N4O2/c1-27(2)22(28)9-15-8-16(12-24-11-15)17-10-19-20(14-26-23(19)25-13-17)18-6-4-5-7-21(18)29-3/h4-8,10-14H,9H2,1-3H3,(H,25,26). The zero-order valence-electron chi connectivity index (χ0n) is 16.6. The summed E-state index contributed by atoms with van der Waals surface area (Å²) in [5.41, 5.74) is 5.58. The Morgan fingerprint density at radius 3 is 2.66 bits per heavy atom. The Bertz CT molecular complexity index is 1180. The van der Waals surface area contributed by atoms with Crippen LogP contribution in [0.15, 0.2) is 61.2 Å². The molecule has 0 aliphatic rings. The topological polar surface area (TPSA) is 71.1 Å². The summed E-state index contributed by atoms with van der Waals surface area (Å²) in [5.74, 6) is 0.853. The van der Waals surface area contributed by atoms with E-state index < -0.39 is 0 Å². The van der Waals surface area contributed by atoms with Gasteiger partial charge >= 0.3 is 0 Å². The molecule has 0 fully saturated rings. The maximum absolute atomic E-state index is 12.0. The smallest absolute Gasteiger partial charge is 0.226 e. The van der Waals surface area contributed by atoms with Crippen molar-refractivity contribution in [3.8, 4) is 28.0 Å². The average molecular weight is 386 g/mol. The van der Waals surface area contributed by atoms with E-state index in [9.17, 15) is 4.79 Å². The quantitative estimate of drug-likeness (QED) is 0.564. The number of hydrogen-bond donors (Lipinski definition) is 1. The molecule has 1 N–H and O–H groups in total. The first kappa shape index (κ1) is 18.7. The van der Waals surface area contributed by atoms with Crippen molar-refractivity contribution in [1.29, 1.82) is 0 Å². The Morgan fingerprint density at radius 1 is 1.07 bits per heavy atom. The minimum atomic E-state index is 0.0432. The summed E-state index contributed by atoms with van der Waals surface area (Å²) in [6.07, 6.45) is 7.61. The van der Waals surface area contributed by atoms with Crippen LogP contribution in [0, 0.1) is 0 Å². The molecule has 0 bridgehead atoms. The Hall–Kier alpha value is -3.67. The fourth-order valence-electron chi connectivity index (χ4n) is 3.33. The molecule has 0 saturated heterocycles. The van der Waals surface area contributed by atoms with Gasteiger partial charge in [0.1, 0.15) is 11.4 Å². The van der Waals surface area contributed by atoms with Crippen LogP contribution in [0.5, 0.6) is 5.75 Å². The second kappa shape index (κ2) is 7.75. The highest BCUT2D eigenvalue weighted by atomic mass is 16.5. The van der Waals surface area contributed by atoms with Crippen molar-refractivity contribution in [1.82, 2.24) is 19.9 Å². The molecule has 1 amide bonds. The lowest BCUT2D eigenvalue weighted by Crippen LogP contribution is -2.23. The molecule has 0 atom stereocenters. The van der Waals surface area contributed by atoms with E-state index in [0.29, 0.717) is 6.42 Å². The zero-order valence-corrected chi connectivity index (χ0v) is 16.6. The molecule has 3 aromatic heterocycles. The third-order valence-electron chi connectivity index (χ3n) is 4.91. The third kappa shape index (κ3) is 3.69. The lowest BCUT2D eigenvalue weighted by Gasteiger charge is -2.11. The van der Waals surface area contributed by atoms with E-state index in [1.807, 2.05) is 42.7 Å². The van der Waals surface area contributed by atoms with Crippen LogP contribution in [0.1, 0.15) is 5.56 Å². The number of carbonyl (C=O) groups excluding carboxylic acids is 1. The number of benzene rings is 1. The highest BCUT2D eigenvalue weighted by Crippen LogP contribution is 2.35. The summed E-state index contributed by atoms with van der Waals surface area (Å²) in [6, 6.07) is 12.0. The number of likely N-dealkylation sites (N-methyl/N-ethyl adjacent to an activating group) is 1. The number of ether oxygens (including phenoxy) is 1. The molecule has 29 heavy (non-hydrogen) atoms. The Kier molecular flexibility index (Phi) is 4.99. The molecular formula is C23H22N4O2. The number of nitrogens with one attached hydrogen (secondary N) is 1. The van der Waals surface area contributed by atoms with E-state index in [1.165, 1.54) is 0 Å². The van der Waals surface area contributed by atoms with E-state index >= 15 is 0 Å². The molecule has 0 spiro atoms. The van der Waals surface area contributed by atoms with Gasteiger partial charge in [-0.05, 0) is 23.8 Å². The van der Waals surface area contributed by atoms with Crippen LogP contribution in [0.2, 0.25) is 0 Å². The van der Waals surface area contributed by atoms with Crippen molar-refractivity contribution in [2.45, 2.75) is 6.42 Å². The van der Waals surface area contributed by atoms with Crippen molar-refractivity contribution >= 4 is 16.9 Å². The number of fused-ring (bicyclic) bond motifs is 1. The van der Waals surface area contributed by atoms with Gasteiger partial charge < -0.3 is 14.6 Å². The van der Waals surface area contributed by atoms with Crippen LogP contribution in [0.25, 0.3) is 33.3 Å². The largest absolute Gasteiger partial charge is 0.496 e. The minimum Gasteiger partial charge on any atom is -0.496 e. The normalized spacial score (nSPS) is 10.9. The van der Waals surface area contributed by atoms with Crippen LogP contribution >= 0.6 is 0 Å². The number of nitrogens with zero attached hydrogens (tertiary/aromatic N) is 3. The molecule has 0 radical (unpaired) electrons. The molecule has 1 aromatic carbocycles. The second-order valence-corrected chi connectivity index (χ2v) is 7.07. The highest BCUT2D eigenvalue weighted by molar-refractivity contribution is 5.97. The lowest BCUT2D eigenvalue weighted by molar-refractivity contribution is -0.127. The van der Waals surface area contributed by atoms with Gasteiger partial charge in [-0.15, -0.1) is 0 Å². The van der Waals surface area contributed by atoms with E-state index in [1.54, 1.807) is 38.5 Å². The number of H-pyrrole nitrogens is 1. The van der Waals surface area contributed by atoms with Crippen molar-refractivity contribution in [2.75, 3.05) is 21.2 Å². The number of methoxy groups -OCH3 is 1. The van der Waals surface area contributed by atoms with Gasteiger partial charge in [-0.25, -0.2) is 4.98 Å². The van der Waals surface area contributed by atoms with Gasteiger partial charge in [-0.2, -0.15) is 0 Å². The van der Waals surface area contributed by atoms with E-state index in [2.05, 4.69) is 21.0 Å². The number of para-hydroxylation sites is 1. The van der Waals surface area contributed by atoms with Gasteiger partial charge in [0.15, 0.2) is 0 Å².